The number of sulfone groups is 1. The number of hydrogen-bond donors (Lipinski definition) is 1. The Morgan fingerprint density at radius 1 is 1.25 bits per heavy atom. The lowest BCUT2D eigenvalue weighted by atomic mass is 9.72. The fraction of sp³-hybridized carbons (Fsp3) is 1.00. The van der Waals surface area contributed by atoms with Crippen LogP contribution in [0.2, 0.25) is 0 Å². The summed E-state index contributed by atoms with van der Waals surface area (Å²) in [7, 11) is -2.97. The van der Waals surface area contributed by atoms with Crippen LogP contribution in [0.15, 0.2) is 0 Å². The zero-order chi connectivity index (χ0) is 14.8. The third-order valence-corrected chi connectivity index (χ3v) is 6.89. The molecule has 2 aliphatic rings. The van der Waals surface area contributed by atoms with E-state index in [1.54, 1.807) is 0 Å². The van der Waals surface area contributed by atoms with E-state index in [0.717, 1.165) is 58.2 Å². The first-order valence-corrected chi connectivity index (χ1v) is 9.94. The average Bonchev–Trinajstić information content (AvgIpc) is 2.41. The molecule has 0 radical (unpaired) electrons. The highest BCUT2D eigenvalue weighted by molar-refractivity contribution is 7.91. The van der Waals surface area contributed by atoms with Crippen LogP contribution >= 0.6 is 0 Å². The van der Waals surface area contributed by atoms with Gasteiger partial charge in [0.05, 0.1) is 10.9 Å². The first-order chi connectivity index (χ1) is 9.35. The average molecular weight is 303 g/mol. The quantitative estimate of drug-likeness (QED) is 0.861. The maximum Gasteiger partial charge on any atom is 0.150 e. The molecule has 1 aliphatic heterocycles. The minimum absolute atomic E-state index is 0.166. The topological polar surface area (TPSA) is 57.6 Å². The van der Waals surface area contributed by atoms with Gasteiger partial charge in [0, 0.05) is 19.3 Å². The number of hydrogen-bond acceptors (Lipinski definition) is 4. The van der Waals surface area contributed by atoms with Gasteiger partial charge >= 0.3 is 0 Å². The van der Waals surface area contributed by atoms with E-state index in [0.29, 0.717) is 6.42 Å². The molecular formula is C15H29NO3S. The monoisotopic (exact) mass is 303 g/mol. The largest absolute Gasteiger partial charge is 0.390 e. The predicted molar refractivity (Wildman–Crippen MR) is 81.5 cm³/mol. The van der Waals surface area contributed by atoms with Crippen LogP contribution in [0.25, 0.3) is 0 Å². The predicted octanol–water partition coefficient (Wildman–Crippen LogP) is 1.83. The van der Waals surface area contributed by atoms with Crippen molar-refractivity contribution in [3.63, 3.8) is 0 Å². The molecule has 118 valence electrons. The Labute approximate surface area is 123 Å². The van der Waals surface area contributed by atoms with E-state index in [9.17, 15) is 13.5 Å². The van der Waals surface area contributed by atoms with Crippen LogP contribution in [0.4, 0.5) is 0 Å². The molecule has 1 N–H and O–H groups in total. The number of nitrogens with zero attached hydrogens (tertiary/aromatic N) is 1. The van der Waals surface area contributed by atoms with Gasteiger partial charge in [-0.25, -0.2) is 8.42 Å². The van der Waals surface area contributed by atoms with E-state index in [1.165, 1.54) is 6.26 Å². The highest BCUT2D eigenvalue weighted by atomic mass is 32.2. The molecule has 2 rings (SSSR count). The van der Waals surface area contributed by atoms with Gasteiger partial charge in [0.25, 0.3) is 0 Å². The van der Waals surface area contributed by atoms with Crippen LogP contribution in [0, 0.1) is 5.92 Å². The highest BCUT2D eigenvalue weighted by Gasteiger charge is 2.43. The molecule has 0 amide bonds. The van der Waals surface area contributed by atoms with Gasteiger partial charge in [0.15, 0.2) is 0 Å². The number of rotatable bonds is 4. The van der Waals surface area contributed by atoms with Gasteiger partial charge in [0.2, 0.25) is 0 Å². The molecule has 1 aliphatic carbocycles. The Kier molecular flexibility index (Phi) is 5.14. The summed E-state index contributed by atoms with van der Waals surface area (Å²) in [5, 5.41) is 10.7. The summed E-state index contributed by atoms with van der Waals surface area (Å²) in [5.41, 5.74) is -0.631. The summed E-state index contributed by atoms with van der Waals surface area (Å²) >= 11 is 0. The summed E-state index contributed by atoms with van der Waals surface area (Å²) in [6, 6.07) is 0. The van der Waals surface area contributed by atoms with Crippen LogP contribution in [0.5, 0.6) is 0 Å². The van der Waals surface area contributed by atoms with Crippen LogP contribution in [0.1, 0.15) is 51.9 Å². The van der Waals surface area contributed by atoms with Crippen LogP contribution in [-0.2, 0) is 9.84 Å². The van der Waals surface area contributed by atoms with Gasteiger partial charge in [-0.1, -0.05) is 13.3 Å². The summed E-state index contributed by atoms with van der Waals surface area (Å²) in [6.45, 7) is 5.18. The molecule has 20 heavy (non-hydrogen) atoms. The lowest BCUT2D eigenvalue weighted by molar-refractivity contribution is -0.0767. The molecule has 2 atom stereocenters. The minimum Gasteiger partial charge on any atom is -0.390 e. The van der Waals surface area contributed by atoms with Crippen molar-refractivity contribution in [2.75, 3.05) is 25.9 Å². The van der Waals surface area contributed by atoms with Crippen molar-refractivity contribution >= 4 is 9.84 Å². The SMILES string of the molecule is CCCN1CCC(O)(C2CCCC(S(C)(=O)=O)C2)CC1. The fourth-order valence-electron chi connectivity index (χ4n) is 3.91. The van der Waals surface area contributed by atoms with E-state index >= 15 is 0 Å². The molecule has 5 heteroatoms. The molecule has 0 spiro atoms. The van der Waals surface area contributed by atoms with Crippen LogP contribution < -0.4 is 0 Å². The Hall–Kier alpha value is -0.130. The third-order valence-electron chi connectivity index (χ3n) is 5.25. The van der Waals surface area contributed by atoms with Gasteiger partial charge < -0.3 is 10.0 Å². The van der Waals surface area contributed by atoms with Gasteiger partial charge in [-0.15, -0.1) is 0 Å². The minimum atomic E-state index is -2.97. The maximum absolute atomic E-state index is 11.8. The van der Waals surface area contributed by atoms with Crippen molar-refractivity contribution < 1.29 is 13.5 Å². The van der Waals surface area contributed by atoms with E-state index in [1.807, 2.05) is 0 Å². The molecule has 0 bridgehead atoms. The molecule has 2 unspecified atom stereocenters. The third kappa shape index (κ3) is 3.74. The molecule has 0 aromatic heterocycles. The van der Waals surface area contributed by atoms with Crippen molar-refractivity contribution in [2.24, 2.45) is 5.92 Å². The van der Waals surface area contributed by atoms with Crippen molar-refractivity contribution in [1.29, 1.82) is 0 Å². The molecule has 1 saturated carbocycles. The zero-order valence-corrected chi connectivity index (χ0v) is 13.7. The number of aliphatic hydroxyl groups is 1. The summed E-state index contributed by atoms with van der Waals surface area (Å²) in [5.74, 6) is 0.166. The second-order valence-corrected chi connectivity index (χ2v) is 9.09. The maximum atomic E-state index is 11.8. The second-order valence-electron chi connectivity index (χ2n) is 6.76. The highest BCUT2D eigenvalue weighted by Crippen LogP contribution is 2.40. The lowest BCUT2D eigenvalue weighted by Crippen LogP contribution is -2.50. The molecule has 4 nitrogen and oxygen atoms in total. The Balaban J connectivity index is 1.97. The van der Waals surface area contributed by atoms with E-state index in [-0.39, 0.29) is 11.2 Å². The van der Waals surface area contributed by atoms with Crippen LogP contribution in [-0.4, -0.2) is 55.2 Å². The molecule has 2 fully saturated rings. The van der Waals surface area contributed by atoms with Gasteiger partial charge in [0.1, 0.15) is 9.84 Å². The standard InChI is InChI=1S/C15H29NO3S/c1-3-9-16-10-7-15(17,8-11-16)13-5-4-6-14(12-13)20(2,18)19/h13-14,17H,3-12H2,1-2H3. The smallest absolute Gasteiger partial charge is 0.150 e. The molecule has 0 aromatic rings. The lowest BCUT2D eigenvalue weighted by Gasteiger charge is -2.45. The second kappa shape index (κ2) is 6.32. The van der Waals surface area contributed by atoms with E-state index < -0.39 is 15.4 Å². The van der Waals surface area contributed by atoms with Gasteiger partial charge in [-0.05, 0) is 51.0 Å². The molecule has 0 aromatic carbocycles. The first-order valence-electron chi connectivity index (χ1n) is 7.99. The van der Waals surface area contributed by atoms with Crippen LogP contribution in [0.3, 0.4) is 0 Å². The zero-order valence-electron chi connectivity index (χ0n) is 12.8. The fourth-order valence-corrected chi connectivity index (χ4v) is 5.09. The first kappa shape index (κ1) is 16.2. The summed E-state index contributed by atoms with van der Waals surface area (Å²) in [4.78, 5) is 2.41. The van der Waals surface area contributed by atoms with Gasteiger partial charge in [-0.2, -0.15) is 0 Å². The summed E-state index contributed by atoms with van der Waals surface area (Å²) < 4.78 is 23.5. The molecule has 1 heterocycles. The van der Waals surface area contributed by atoms with Gasteiger partial charge in [-0.3, -0.25) is 0 Å². The van der Waals surface area contributed by atoms with E-state index in [2.05, 4.69) is 11.8 Å². The van der Waals surface area contributed by atoms with E-state index in [4.69, 9.17) is 0 Å². The van der Waals surface area contributed by atoms with Crippen molar-refractivity contribution in [3.05, 3.63) is 0 Å². The van der Waals surface area contributed by atoms with Crippen molar-refractivity contribution in [3.8, 4) is 0 Å². The number of likely N-dealkylation sites (tertiary alicyclic amines) is 1. The Morgan fingerprint density at radius 3 is 2.45 bits per heavy atom. The normalized spacial score (nSPS) is 32.1. The Morgan fingerprint density at radius 2 is 1.90 bits per heavy atom. The van der Waals surface area contributed by atoms with Crippen molar-refractivity contribution in [1.82, 2.24) is 4.90 Å². The molecular weight excluding hydrogens is 274 g/mol. The summed E-state index contributed by atoms with van der Waals surface area (Å²) in [6.07, 6.45) is 7.43. The molecule has 1 saturated heterocycles. The Bertz CT molecular complexity index is 413. The number of piperidine rings is 1. The van der Waals surface area contributed by atoms with Crippen molar-refractivity contribution in [2.45, 2.75) is 62.7 Å².